The molecule has 7 heteroatoms. The molecule has 2 aromatic heterocycles. The van der Waals surface area contributed by atoms with Crippen LogP contribution < -0.4 is 5.32 Å². The number of rotatable bonds is 4. The van der Waals surface area contributed by atoms with E-state index in [0.717, 1.165) is 9.44 Å². The molecule has 0 saturated carbocycles. The van der Waals surface area contributed by atoms with E-state index in [4.69, 9.17) is 0 Å². The summed E-state index contributed by atoms with van der Waals surface area (Å²) in [5.41, 5.74) is 2.04. The van der Waals surface area contributed by atoms with Gasteiger partial charge in [-0.3, -0.25) is 9.36 Å². The number of benzene rings is 2. The van der Waals surface area contributed by atoms with Crippen molar-refractivity contribution in [2.45, 2.75) is 13.5 Å². The number of amides is 1. The number of aromatic nitrogens is 2. The van der Waals surface area contributed by atoms with Crippen LogP contribution in [0, 0.1) is 6.92 Å². The molecule has 4 aromatic rings. The molecule has 0 bridgehead atoms. The molecule has 27 heavy (non-hydrogen) atoms. The van der Waals surface area contributed by atoms with E-state index in [1.54, 1.807) is 54.6 Å². The lowest BCUT2D eigenvalue weighted by atomic mass is 10.2. The number of halogens is 2. The van der Waals surface area contributed by atoms with Gasteiger partial charge in [0.1, 0.15) is 5.82 Å². The number of thiophene rings is 1. The quantitative estimate of drug-likeness (QED) is 0.490. The van der Waals surface area contributed by atoms with E-state index in [2.05, 4.69) is 10.3 Å². The molecule has 1 amide bonds. The Bertz CT molecular complexity index is 1120. The van der Waals surface area contributed by atoms with Gasteiger partial charge in [-0.2, -0.15) is 8.78 Å². The fourth-order valence-corrected chi connectivity index (χ4v) is 3.66. The van der Waals surface area contributed by atoms with Crippen LogP contribution in [0.15, 0.2) is 60.7 Å². The zero-order valence-electron chi connectivity index (χ0n) is 14.3. The van der Waals surface area contributed by atoms with Gasteiger partial charge in [0, 0.05) is 16.1 Å². The summed E-state index contributed by atoms with van der Waals surface area (Å²) in [7, 11) is 0. The summed E-state index contributed by atoms with van der Waals surface area (Å²) in [5.74, 6) is -0.00127. The molecule has 0 atom stereocenters. The van der Waals surface area contributed by atoms with Crippen molar-refractivity contribution < 1.29 is 13.6 Å². The van der Waals surface area contributed by atoms with Gasteiger partial charge >= 0.3 is 6.55 Å². The van der Waals surface area contributed by atoms with Gasteiger partial charge in [0.2, 0.25) is 0 Å². The van der Waals surface area contributed by atoms with Gasteiger partial charge in [0.05, 0.1) is 15.9 Å². The Morgan fingerprint density at radius 1 is 1.07 bits per heavy atom. The molecule has 4 nitrogen and oxygen atoms in total. The lowest BCUT2D eigenvalue weighted by Crippen LogP contribution is -2.09. The molecule has 136 valence electrons. The van der Waals surface area contributed by atoms with Gasteiger partial charge in [-0.05, 0) is 55.5 Å². The van der Waals surface area contributed by atoms with Crippen LogP contribution in [0.3, 0.4) is 0 Å². The van der Waals surface area contributed by atoms with Crippen LogP contribution in [-0.2, 0) is 0 Å². The van der Waals surface area contributed by atoms with Crippen LogP contribution in [0.1, 0.15) is 21.1 Å². The minimum absolute atomic E-state index is 0.193. The summed E-state index contributed by atoms with van der Waals surface area (Å²) in [6.07, 6.45) is 0. The fraction of sp³-hybridized carbons (Fsp3) is 0.100. The van der Waals surface area contributed by atoms with Crippen molar-refractivity contribution in [2.24, 2.45) is 0 Å². The second kappa shape index (κ2) is 6.92. The Balaban J connectivity index is 1.64. The highest BCUT2D eigenvalue weighted by molar-refractivity contribution is 7.14. The van der Waals surface area contributed by atoms with Crippen molar-refractivity contribution in [1.29, 1.82) is 0 Å². The molecule has 0 unspecified atom stereocenters. The van der Waals surface area contributed by atoms with Gasteiger partial charge in [-0.25, -0.2) is 4.98 Å². The van der Waals surface area contributed by atoms with Crippen LogP contribution in [0.5, 0.6) is 0 Å². The third-order valence-corrected chi connectivity index (χ3v) is 5.16. The Morgan fingerprint density at radius 2 is 1.81 bits per heavy atom. The number of imidazole rings is 1. The molecule has 0 aliphatic heterocycles. The third-order valence-electron chi connectivity index (χ3n) is 4.16. The molecule has 0 fully saturated rings. The maximum absolute atomic E-state index is 13.6. The van der Waals surface area contributed by atoms with Crippen molar-refractivity contribution in [3.05, 3.63) is 70.4 Å². The van der Waals surface area contributed by atoms with Crippen LogP contribution in [0.25, 0.3) is 22.4 Å². The lowest BCUT2D eigenvalue weighted by molar-refractivity contribution is 0.0764. The highest BCUT2D eigenvalue weighted by atomic mass is 32.1. The first-order valence-corrected chi connectivity index (χ1v) is 9.08. The van der Waals surface area contributed by atoms with Crippen LogP contribution in [0.4, 0.5) is 14.5 Å². The van der Waals surface area contributed by atoms with Gasteiger partial charge in [-0.1, -0.05) is 12.1 Å². The Kier molecular flexibility index (Phi) is 4.45. The van der Waals surface area contributed by atoms with Crippen molar-refractivity contribution in [3.63, 3.8) is 0 Å². The smallest absolute Gasteiger partial charge is 0.320 e. The van der Waals surface area contributed by atoms with E-state index in [9.17, 15) is 13.6 Å². The predicted molar refractivity (Wildman–Crippen MR) is 103 cm³/mol. The number of nitrogens with zero attached hydrogens (tertiary/aromatic N) is 2. The maximum Gasteiger partial charge on any atom is 0.320 e. The number of hydrogen-bond donors (Lipinski definition) is 1. The molecule has 2 aromatic carbocycles. The second-order valence-electron chi connectivity index (χ2n) is 6.01. The van der Waals surface area contributed by atoms with E-state index >= 15 is 0 Å². The lowest BCUT2D eigenvalue weighted by Gasteiger charge is -2.09. The number of fused-ring (bicyclic) bond motifs is 1. The van der Waals surface area contributed by atoms with Crippen LogP contribution in [-0.4, -0.2) is 15.5 Å². The van der Waals surface area contributed by atoms with Crippen LogP contribution in [0.2, 0.25) is 0 Å². The summed E-state index contributed by atoms with van der Waals surface area (Å²) in [6, 6.07) is 17.2. The number of carbonyl (C=O) groups excluding carboxylic acids is 1. The number of hydrogen-bond acceptors (Lipinski definition) is 3. The normalized spacial score (nSPS) is 11.3. The zero-order valence-corrected chi connectivity index (χ0v) is 15.1. The van der Waals surface area contributed by atoms with Gasteiger partial charge in [-0.15, -0.1) is 11.3 Å². The largest absolute Gasteiger partial charge is 0.321 e. The highest BCUT2D eigenvalue weighted by Crippen LogP contribution is 2.30. The van der Waals surface area contributed by atoms with E-state index in [1.807, 2.05) is 13.0 Å². The minimum atomic E-state index is -2.70. The van der Waals surface area contributed by atoms with Crippen LogP contribution >= 0.6 is 11.3 Å². The molecule has 0 saturated heterocycles. The highest BCUT2D eigenvalue weighted by Gasteiger charge is 2.18. The molecule has 0 aliphatic carbocycles. The molecule has 0 aliphatic rings. The Morgan fingerprint density at radius 3 is 2.48 bits per heavy atom. The van der Waals surface area contributed by atoms with E-state index in [-0.39, 0.29) is 11.7 Å². The molecule has 0 radical (unpaired) electrons. The standard InChI is InChI=1S/C20H15F2N3OS/c1-12-6-11-17(27-12)19(26)23-14-9-7-13(8-10-14)18-24-15-4-2-3-5-16(15)25(18)20(21)22/h2-11,20H,1H3,(H,23,26). The number of aryl methyl sites for hydroxylation is 1. The number of alkyl halides is 2. The van der Waals surface area contributed by atoms with Crippen molar-refractivity contribution in [3.8, 4) is 11.4 Å². The van der Waals surface area contributed by atoms with Gasteiger partial charge in [0.15, 0.2) is 0 Å². The summed E-state index contributed by atoms with van der Waals surface area (Å²) < 4.78 is 28.1. The van der Waals surface area contributed by atoms with Gasteiger partial charge < -0.3 is 5.32 Å². The second-order valence-corrected chi connectivity index (χ2v) is 7.30. The Labute approximate surface area is 158 Å². The average molecular weight is 383 g/mol. The van der Waals surface area contributed by atoms with Gasteiger partial charge in [0.25, 0.3) is 5.91 Å². The van der Waals surface area contributed by atoms with Crippen molar-refractivity contribution in [1.82, 2.24) is 9.55 Å². The first-order chi connectivity index (χ1) is 13.0. The predicted octanol–water partition coefficient (Wildman–Crippen LogP) is 5.72. The monoisotopic (exact) mass is 383 g/mol. The molecule has 0 spiro atoms. The van der Waals surface area contributed by atoms with Crippen molar-refractivity contribution >= 4 is 34.0 Å². The van der Waals surface area contributed by atoms with Crippen molar-refractivity contribution in [2.75, 3.05) is 5.32 Å². The number of nitrogens with one attached hydrogen (secondary N) is 1. The summed E-state index contributed by atoms with van der Waals surface area (Å²) >= 11 is 1.41. The van der Waals surface area contributed by atoms with E-state index in [1.165, 1.54) is 11.3 Å². The number of carbonyl (C=O) groups is 1. The first-order valence-electron chi connectivity index (χ1n) is 8.26. The zero-order chi connectivity index (χ0) is 19.0. The SMILES string of the molecule is Cc1ccc(C(=O)Nc2ccc(-c3nc4ccccc4n3C(F)F)cc2)s1. The summed E-state index contributed by atoms with van der Waals surface area (Å²) in [4.78, 5) is 18.2. The molecule has 1 N–H and O–H groups in total. The first kappa shape index (κ1) is 17.4. The van der Waals surface area contributed by atoms with E-state index < -0.39 is 6.55 Å². The Hall–Kier alpha value is -3.06. The average Bonchev–Trinajstić information content (AvgIpc) is 3.26. The van der Waals surface area contributed by atoms with E-state index in [0.29, 0.717) is 27.2 Å². The summed E-state index contributed by atoms with van der Waals surface area (Å²) in [6.45, 7) is -0.764. The molecule has 2 heterocycles. The number of para-hydroxylation sites is 2. The number of anilines is 1. The molecular formula is C20H15F2N3OS. The fourth-order valence-electron chi connectivity index (χ4n) is 2.90. The maximum atomic E-state index is 13.6. The molecular weight excluding hydrogens is 368 g/mol. The minimum Gasteiger partial charge on any atom is -0.321 e. The topological polar surface area (TPSA) is 46.9 Å². The third kappa shape index (κ3) is 3.33. The summed E-state index contributed by atoms with van der Waals surface area (Å²) in [5, 5.41) is 2.81. The molecule has 4 rings (SSSR count).